The summed E-state index contributed by atoms with van der Waals surface area (Å²) in [6, 6.07) is 0. The number of ether oxygens (including phenoxy) is 1. The lowest BCUT2D eigenvalue weighted by Crippen LogP contribution is -2.16. The standard InChI is InChI=1S/C17H26N6O/c1-4-24-10-16-20-15-6-8-18-7-5-13(15)17(21-16)19-9-14-11(2)22-23-12(14)3/h18H,4-10H2,1-3H3,(H,22,23)(H,19,20,21). The van der Waals surface area contributed by atoms with Gasteiger partial charge in [-0.05, 0) is 33.7 Å². The van der Waals surface area contributed by atoms with Crippen molar-refractivity contribution in [3.8, 4) is 0 Å². The first-order valence-corrected chi connectivity index (χ1v) is 8.60. The number of fused-ring (bicyclic) bond motifs is 1. The lowest BCUT2D eigenvalue weighted by Gasteiger charge is -2.15. The van der Waals surface area contributed by atoms with E-state index in [2.05, 4.69) is 20.8 Å². The Hall–Kier alpha value is -1.99. The summed E-state index contributed by atoms with van der Waals surface area (Å²) in [7, 11) is 0. The quantitative estimate of drug-likeness (QED) is 0.746. The van der Waals surface area contributed by atoms with Crippen molar-refractivity contribution in [3.63, 3.8) is 0 Å². The maximum Gasteiger partial charge on any atom is 0.156 e. The monoisotopic (exact) mass is 330 g/mol. The van der Waals surface area contributed by atoms with E-state index in [0.717, 1.165) is 54.7 Å². The number of anilines is 1. The molecule has 0 saturated carbocycles. The molecule has 1 aliphatic rings. The summed E-state index contributed by atoms with van der Waals surface area (Å²) in [5, 5.41) is 14.2. The topological polar surface area (TPSA) is 87.8 Å². The molecule has 0 unspecified atom stereocenters. The minimum Gasteiger partial charge on any atom is -0.374 e. The van der Waals surface area contributed by atoms with Gasteiger partial charge in [-0.1, -0.05) is 0 Å². The van der Waals surface area contributed by atoms with Crippen LogP contribution < -0.4 is 10.6 Å². The van der Waals surface area contributed by atoms with E-state index in [-0.39, 0.29) is 0 Å². The van der Waals surface area contributed by atoms with E-state index in [1.807, 2.05) is 20.8 Å². The number of H-pyrrole nitrogens is 1. The highest BCUT2D eigenvalue weighted by atomic mass is 16.5. The number of rotatable bonds is 6. The summed E-state index contributed by atoms with van der Waals surface area (Å²) in [5.41, 5.74) is 5.67. The zero-order valence-electron chi connectivity index (χ0n) is 14.7. The van der Waals surface area contributed by atoms with Crippen LogP contribution in [0.25, 0.3) is 0 Å². The fourth-order valence-electron chi connectivity index (χ4n) is 3.01. The molecule has 130 valence electrons. The third-order valence-corrected chi connectivity index (χ3v) is 4.38. The van der Waals surface area contributed by atoms with Gasteiger partial charge in [-0.15, -0.1) is 0 Å². The number of aromatic amines is 1. The van der Waals surface area contributed by atoms with Crippen LogP contribution in [0.5, 0.6) is 0 Å². The maximum atomic E-state index is 5.50. The second kappa shape index (κ2) is 7.72. The summed E-state index contributed by atoms with van der Waals surface area (Å²) in [5.74, 6) is 1.68. The number of nitrogens with zero attached hydrogens (tertiary/aromatic N) is 3. The summed E-state index contributed by atoms with van der Waals surface area (Å²) < 4.78 is 5.50. The Labute approximate surface area is 142 Å². The molecule has 0 bridgehead atoms. The molecule has 2 aromatic rings. The van der Waals surface area contributed by atoms with Crippen LogP contribution in [-0.2, 0) is 30.7 Å². The Morgan fingerprint density at radius 3 is 2.75 bits per heavy atom. The molecule has 24 heavy (non-hydrogen) atoms. The molecule has 3 rings (SSSR count). The number of hydrogen-bond acceptors (Lipinski definition) is 6. The summed E-state index contributed by atoms with van der Waals surface area (Å²) in [4.78, 5) is 9.44. The zero-order valence-corrected chi connectivity index (χ0v) is 14.7. The predicted molar refractivity (Wildman–Crippen MR) is 93.0 cm³/mol. The molecule has 7 heteroatoms. The van der Waals surface area contributed by atoms with Crippen LogP contribution in [0.4, 0.5) is 5.82 Å². The number of aryl methyl sites for hydroxylation is 2. The van der Waals surface area contributed by atoms with Gasteiger partial charge in [-0.25, -0.2) is 9.97 Å². The molecule has 0 spiro atoms. The minimum absolute atomic E-state index is 0.454. The normalized spacial score (nSPS) is 14.3. The van der Waals surface area contributed by atoms with Gasteiger partial charge in [0.05, 0.1) is 11.4 Å². The van der Waals surface area contributed by atoms with Gasteiger partial charge in [0.1, 0.15) is 12.4 Å². The Kier molecular flexibility index (Phi) is 5.42. The fraction of sp³-hybridized carbons (Fsp3) is 0.588. The largest absolute Gasteiger partial charge is 0.374 e. The lowest BCUT2D eigenvalue weighted by molar-refractivity contribution is 0.128. The van der Waals surface area contributed by atoms with Gasteiger partial charge in [0.25, 0.3) is 0 Å². The van der Waals surface area contributed by atoms with Gasteiger partial charge in [-0.3, -0.25) is 5.10 Å². The third kappa shape index (κ3) is 3.73. The fourth-order valence-corrected chi connectivity index (χ4v) is 3.01. The summed E-state index contributed by atoms with van der Waals surface area (Å²) >= 11 is 0. The Morgan fingerprint density at radius 1 is 1.17 bits per heavy atom. The van der Waals surface area contributed by atoms with Crippen LogP contribution in [0.3, 0.4) is 0 Å². The van der Waals surface area contributed by atoms with Gasteiger partial charge in [0.15, 0.2) is 5.82 Å². The molecule has 2 aromatic heterocycles. The van der Waals surface area contributed by atoms with Crippen LogP contribution in [0, 0.1) is 13.8 Å². The van der Waals surface area contributed by atoms with E-state index in [9.17, 15) is 0 Å². The first-order valence-electron chi connectivity index (χ1n) is 8.60. The van der Waals surface area contributed by atoms with Crippen molar-refractivity contribution in [2.45, 2.75) is 46.8 Å². The van der Waals surface area contributed by atoms with Crippen molar-refractivity contribution in [3.05, 3.63) is 34.0 Å². The van der Waals surface area contributed by atoms with Gasteiger partial charge in [0, 0.05) is 42.9 Å². The number of aromatic nitrogens is 4. The Morgan fingerprint density at radius 2 is 2.00 bits per heavy atom. The average Bonchev–Trinajstić information content (AvgIpc) is 2.78. The predicted octanol–water partition coefficient (Wildman–Crippen LogP) is 1.65. The highest BCUT2D eigenvalue weighted by Crippen LogP contribution is 2.21. The molecule has 3 heterocycles. The van der Waals surface area contributed by atoms with Crippen LogP contribution in [-0.4, -0.2) is 39.9 Å². The molecule has 3 N–H and O–H groups in total. The highest BCUT2D eigenvalue weighted by Gasteiger charge is 2.17. The van der Waals surface area contributed by atoms with E-state index in [4.69, 9.17) is 14.7 Å². The number of nitrogens with one attached hydrogen (secondary N) is 3. The first-order chi connectivity index (χ1) is 11.7. The van der Waals surface area contributed by atoms with E-state index in [1.165, 1.54) is 11.1 Å². The van der Waals surface area contributed by atoms with Crippen LogP contribution in [0.1, 0.15) is 41.0 Å². The number of hydrogen-bond donors (Lipinski definition) is 3. The highest BCUT2D eigenvalue weighted by molar-refractivity contribution is 5.48. The molecular weight excluding hydrogens is 304 g/mol. The minimum atomic E-state index is 0.454. The molecule has 0 amide bonds. The molecule has 0 atom stereocenters. The molecule has 1 aliphatic heterocycles. The SMILES string of the molecule is CCOCc1nc2c(c(NCc3c(C)n[nH]c3C)n1)CCNCC2. The smallest absolute Gasteiger partial charge is 0.156 e. The van der Waals surface area contributed by atoms with E-state index in [1.54, 1.807) is 0 Å². The molecule has 0 saturated heterocycles. The molecule has 0 aliphatic carbocycles. The Bertz CT molecular complexity index is 677. The second-order valence-corrected chi connectivity index (χ2v) is 6.07. The zero-order chi connectivity index (χ0) is 16.9. The molecule has 0 radical (unpaired) electrons. The lowest BCUT2D eigenvalue weighted by atomic mass is 10.1. The van der Waals surface area contributed by atoms with E-state index >= 15 is 0 Å². The van der Waals surface area contributed by atoms with Gasteiger partial charge < -0.3 is 15.4 Å². The molecule has 0 aromatic carbocycles. The van der Waals surface area contributed by atoms with Gasteiger partial charge in [-0.2, -0.15) is 5.10 Å². The average molecular weight is 330 g/mol. The molecular formula is C17H26N6O. The summed E-state index contributed by atoms with van der Waals surface area (Å²) in [6.45, 7) is 9.79. The van der Waals surface area contributed by atoms with Crippen molar-refractivity contribution < 1.29 is 4.74 Å². The van der Waals surface area contributed by atoms with Crippen LogP contribution in [0.15, 0.2) is 0 Å². The van der Waals surface area contributed by atoms with Crippen LogP contribution >= 0.6 is 0 Å². The van der Waals surface area contributed by atoms with E-state index < -0.39 is 0 Å². The Balaban J connectivity index is 1.86. The third-order valence-electron chi connectivity index (χ3n) is 4.38. The van der Waals surface area contributed by atoms with Gasteiger partial charge in [0.2, 0.25) is 0 Å². The first kappa shape index (κ1) is 16.9. The van der Waals surface area contributed by atoms with Crippen molar-refractivity contribution in [1.82, 2.24) is 25.5 Å². The maximum absolute atomic E-state index is 5.50. The molecule has 7 nitrogen and oxygen atoms in total. The van der Waals surface area contributed by atoms with Crippen molar-refractivity contribution in [2.24, 2.45) is 0 Å². The van der Waals surface area contributed by atoms with Crippen molar-refractivity contribution >= 4 is 5.82 Å². The molecule has 0 fully saturated rings. The van der Waals surface area contributed by atoms with E-state index in [0.29, 0.717) is 19.8 Å². The van der Waals surface area contributed by atoms with Crippen molar-refractivity contribution in [2.75, 3.05) is 25.0 Å². The van der Waals surface area contributed by atoms with Gasteiger partial charge >= 0.3 is 0 Å². The van der Waals surface area contributed by atoms with Crippen LogP contribution in [0.2, 0.25) is 0 Å². The second-order valence-electron chi connectivity index (χ2n) is 6.07. The van der Waals surface area contributed by atoms with Crippen molar-refractivity contribution in [1.29, 1.82) is 0 Å². The summed E-state index contributed by atoms with van der Waals surface area (Å²) in [6.07, 6.45) is 1.87.